The molecule has 0 bridgehead atoms. The van der Waals surface area contributed by atoms with Gasteiger partial charge in [0.25, 0.3) is 0 Å². The highest BCUT2D eigenvalue weighted by molar-refractivity contribution is 9.10. The quantitative estimate of drug-likeness (QED) is 0.401. The molecule has 2 aromatic carbocycles. The number of benzene rings is 2. The number of anilines is 2. The van der Waals surface area contributed by atoms with Gasteiger partial charge in [0.15, 0.2) is 5.13 Å². The lowest BCUT2D eigenvalue weighted by atomic mass is 10.0. The molecule has 3 rings (SSSR count). The highest BCUT2D eigenvalue weighted by Gasteiger charge is 2.14. The number of hydrogen-bond donors (Lipinski definition) is 2. The van der Waals surface area contributed by atoms with Crippen LogP contribution in [0.1, 0.15) is 24.9 Å². The maximum Gasteiger partial charge on any atom is 0.192 e. The van der Waals surface area contributed by atoms with Crippen molar-refractivity contribution in [2.24, 2.45) is 0 Å². The molecule has 0 fully saturated rings. The van der Waals surface area contributed by atoms with E-state index in [-0.39, 0.29) is 11.9 Å². The normalized spacial score (nSPS) is 12.0. The smallest absolute Gasteiger partial charge is 0.192 e. The molecular weight excluding hydrogens is 421 g/mol. The van der Waals surface area contributed by atoms with Crippen LogP contribution in [0.15, 0.2) is 63.4 Å². The van der Waals surface area contributed by atoms with E-state index in [1.54, 1.807) is 12.3 Å². The first kappa shape index (κ1) is 18.2. The molecule has 0 spiro atoms. The zero-order chi connectivity index (χ0) is 17.6. The molecule has 0 radical (unpaired) electrons. The Bertz CT molecular complexity index is 813. The minimum atomic E-state index is -0.275. The van der Waals surface area contributed by atoms with Crippen molar-refractivity contribution in [2.45, 2.75) is 24.3 Å². The lowest BCUT2D eigenvalue weighted by molar-refractivity contribution is 0.601. The summed E-state index contributed by atoms with van der Waals surface area (Å²) in [5.74, 6) is -0.275. The van der Waals surface area contributed by atoms with Crippen LogP contribution in [0.4, 0.5) is 15.2 Å². The number of hydrogen-bond acceptors (Lipinski definition) is 5. The topological polar surface area (TPSA) is 37.0 Å². The number of aromatic nitrogens is 1. The Hall–Kier alpha value is -1.57. The third-order valence-corrected chi connectivity index (χ3v) is 5.94. The maximum absolute atomic E-state index is 14.5. The van der Waals surface area contributed by atoms with Crippen LogP contribution < -0.4 is 10.0 Å². The van der Waals surface area contributed by atoms with Crippen molar-refractivity contribution in [1.29, 1.82) is 0 Å². The predicted molar refractivity (Wildman–Crippen MR) is 109 cm³/mol. The van der Waals surface area contributed by atoms with Crippen LogP contribution >= 0.6 is 39.2 Å². The Labute approximate surface area is 163 Å². The Morgan fingerprint density at radius 1 is 1.28 bits per heavy atom. The van der Waals surface area contributed by atoms with Gasteiger partial charge in [0, 0.05) is 16.0 Å². The zero-order valence-corrected chi connectivity index (χ0v) is 16.7. The van der Waals surface area contributed by atoms with Gasteiger partial charge in [-0.25, -0.2) is 9.37 Å². The fourth-order valence-electron chi connectivity index (χ4n) is 2.38. The average molecular weight is 438 g/mol. The largest absolute Gasteiger partial charge is 0.377 e. The van der Waals surface area contributed by atoms with E-state index in [9.17, 15) is 4.39 Å². The van der Waals surface area contributed by atoms with Gasteiger partial charge < -0.3 is 10.0 Å². The highest BCUT2D eigenvalue weighted by Crippen LogP contribution is 2.34. The number of nitrogens with zero attached hydrogens (tertiary/aromatic N) is 1. The molecule has 0 saturated carbocycles. The van der Waals surface area contributed by atoms with Gasteiger partial charge in [0.05, 0.1) is 16.6 Å². The molecule has 1 aromatic heterocycles. The van der Waals surface area contributed by atoms with E-state index in [0.717, 1.165) is 21.7 Å². The molecule has 0 aliphatic heterocycles. The molecule has 1 heterocycles. The summed E-state index contributed by atoms with van der Waals surface area (Å²) in [6.07, 6.45) is 2.61. The molecule has 0 aliphatic rings. The molecule has 0 amide bonds. The van der Waals surface area contributed by atoms with Crippen LogP contribution in [0.5, 0.6) is 0 Å². The first-order chi connectivity index (χ1) is 12.2. The third kappa shape index (κ3) is 4.74. The lowest BCUT2D eigenvalue weighted by Gasteiger charge is -2.20. The molecule has 0 unspecified atom stereocenters. The predicted octanol–water partition coefficient (Wildman–Crippen LogP) is 6.73. The molecule has 1 atom stereocenters. The maximum atomic E-state index is 14.5. The van der Waals surface area contributed by atoms with Gasteiger partial charge >= 0.3 is 0 Å². The van der Waals surface area contributed by atoms with Gasteiger partial charge in [-0.2, -0.15) is 0 Å². The van der Waals surface area contributed by atoms with E-state index in [1.807, 2.05) is 23.6 Å². The standard InChI is InChI=1S/C18H17BrFN3S2/c1-2-15(12-6-4-3-5-7-12)22-16-11-14(20)17(10-13(16)19)25-23-18-21-8-9-24-18/h3-11,15,22H,2H2,1H3,(H,21,23)/t15-/m0/s1. The summed E-state index contributed by atoms with van der Waals surface area (Å²) in [7, 11) is 0. The first-order valence-corrected chi connectivity index (χ1v) is 10.3. The monoisotopic (exact) mass is 437 g/mol. The molecule has 0 aliphatic carbocycles. The fourth-order valence-corrected chi connectivity index (χ4v) is 4.27. The summed E-state index contributed by atoms with van der Waals surface area (Å²) in [6.45, 7) is 2.11. The first-order valence-electron chi connectivity index (χ1n) is 7.80. The van der Waals surface area contributed by atoms with Crippen LogP contribution in [0.2, 0.25) is 0 Å². The highest BCUT2D eigenvalue weighted by atomic mass is 79.9. The third-order valence-electron chi connectivity index (χ3n) is 3.64. The van der Waals surface area contributed by atoms with Crippen LogP contribution in [0.3, 0.4) is 0 Å². The Kier molecular flexibility index (Phi) is 6.34. The van der Waals surface area contributed by atoms with Crippen molar-refractivity contribution in [3.8, 4) is 0 Å². The van der Waals surface area contributed by atoms with Crippen LogP contribution in [-0.4, -0.2) is 4.98 Å². The van der Waals surface area contributed by atoms with Crippen molar-refractivity contribution in [2.75, 3.05) is 10.0 Å². The van der Waals surface area contributed by atoms with E-state index in [4.69, 9.17) is 0 Å². The second-order valence-corrected chi connectivity index (χ2v) is 7.92. The number of rotatable bonds is 7. The summed E-state index contributed by atoms with van der Waals surface area (Å²) in [6, 6.07) is 13.6. The van der Waals surface area contributed by atoms with Crippen molar-refractivity contribution in [3.05, 3.63) is 69.9 Å². The van der Waals surface area contributed by atoms with Gasteiger partial charge in [0.1, 0.15) is 5.82 Å². The molecular formula is C18H17BrFN3S2. The molecule has 0 saturated heterocycles. The fraction of sp³-hybridized carbons (Fsp3) is 0.167. The van der Waals surface area contributed by atoms with E-state index in [2.05, 4.69) is 50.0 Å². The lowest BCUT2D eigenvalue weighted by Crippen LogP contribution is -2.10. The van der Waals surface area contributed by atoms with Gasteiger partial charge in [-0.1, -0.05) is 37.3 Å². The molecule has 7 heteroatoms. The summed E-state index contributed by atoms with van der Waals surface area (Å²) in [5.41, 5.74) is 1.92. The zero-order valence-electron chi connectivity index (χ0n) is 13.5. The van der Waals surface area contributed by atoms with Crippen LogP contribution in [0, 0.1) is 5.82 Å². The summed E-state index contributed by atoms with van der Waals surface area (Å²) < 4.78 is 18.4. The molecule has 25 heavy (non-hydrogen) atoms. The van der Waals surface area contributed by atoms with Crippen LogP contribution in [-0.2, 0) is 0 Å². The van der Waals surface area contributed by atoms with Crippen molar-refractivity contribution in [1.82, 2.24) is 4.98 Å². The van der Waals surface area contributed by atoms with Crippen LogP contribution in [0.25, 0.3) is 0 Å². The summed E-state index contributed by atoms with van der Waals surface area (Å²) in [4.78, 5) is 4.64. The number of nitrogens with one attached hydrogen (secondary N) is 2. The molecule has 3 nitrogen and oxygen atoms in total. The van der Waals surface area contributed by atoms with Crippen molar-refractivity contribution >= 4 is 50.0 Å². The van der Waals surface area contributed by atoms with Gasteiger partial charge in [0.2, 0.25) is 0 Å². The Morgan fingerprint density at radius 3 is 2.76 bits per heavy atom. The van der Waals surface area contributed by atoms with E-state index in [1.165, 1.54) is 34.9 Å². The van der Waals surface area contributed by atoms with Gasteiger partial charge in [-0.05, 0) is 52.0 Å². The molecule has 3 aromatic rings. The SMILES string of the molecule is CC[C@H](Nc1cc(F)c(SNc2nccs2)cc1Br)c1ccccc1. The minimum Gasteiger partial charge on any atom is -0.377 e. The molecule has 130 valence electrons. The average Bonchev–Trinajstić information content (AvgIpc) is 3.15. The van der Waals surface area contributed by atoms with Crippen molar-refractivity contribution < 1.29 is 4.39 Å². The second-order valence-electron chi connectivity index (χ2n) is 5.32. The summed E-state index contributed by atoms with van der Waals surface area (Å²) >= 11 is 6.24. The second kappa shape index (κ2) is 8.69. The Morgan fingerprint density at radius 2 is 2.08 bits per heavy atom. The number of thiazole rings is 1. The minimum absolute atomic E-state index is 0.129. The molecule has 2 N–H and O–H groups in total. The summed E-state index contributed by atoms with van der Waals surface area (Å²) in [5, 5.41) is 6.04. The van der Waals surface area contributed by atoms with E-state index >= 15 is 0 Å². The van der Waals surface area contributed by atoms with E-state index < -0.39 is 0 Å². The van der Waals surface area contributed by atoms with Crippen molar-refractivity contribution in [3.63, 3.8) is 0 Å². The Balaban J connectivity index is 1.75. The van der Waals surface area contributed by atoms with Gasteiger partial charge in [-0.3, -0.25) is 0 Å². The van der Waals surface area contributed by atoms with E-state index in [0.29, 0.717) is 4.90 Å². The number of halogens is 2. The van der Waals surface area contributed by atoms with Gasteiger partial charge in [-0.15, -0.1) is 11.3 Å².